The molecule has 0 radical (unpaired) electrons. The van der Waals surface area contributed by atoms with Gasteiger partial charge in [-0.3, -0.25) is 9.59 Å². The molecule has 0 aromatic heterocycles. The Morgan fingerprint density at radius 1 is 1.28 bits per heavy atom. The van der Waals surface area contributed by atoms with E-state index in [4.69, 9.17) is 9.47 Å². The van der Waals surface area contributed by atoms with Crippen LogP contribution in [0.1, 0.15) is 32.8 Å². The molecule has 138 valence electrons. The SMILES string of the molecule is COCC1(C(=O)O)CCN(C(=O)COc2ccccc2C(C)(C)C)C1. The minimum Gasteiger partial charge on any atom is -0.483 e. The number of nitrogens with zero attached hydrogens (tertiary/aromatic N) is 1. The van der Waals surface area contributed by atoms with Crippen molar-refractivity contribution < 1.29 is 24.2 Å². The Bertz CT molecular complexity index is 637. The number of hydrogen-bond acceptors (Lipinski definition) is 4. The molecule has 1 N–H and O–H groups in total. The van der Waals surface area contributed by atoms with Gasteiger partial charge in [-0.05, 0) is 23.5 Å². The third kappa shape index (κ3) is 4.31. The lowest BCUT2D eigenvalue weighted by atomic mass is 9.86. The minimum atomic E-state index is -1.02. The Kier molecular flexibility index (Phi) is 5.72. The molecular formula is C19H27NO5. The zero-order valence-electron chi connectivity index (χ0n) is 15.4. The number of ether oxygens (including phenoxy) is 2. The lowest BCUT2D eigenvalue weighted by Gasteiger charge is -2.25. The predicted octanol–water partition coefficient (Wildman–Crippen LogP) is 2.31. The largest absolute Gasteiger partial charge is 0.483 e. The number of benzene rings is 1. The van der Waals surface area contributed by atoms with Gasteiger partial charge in [-0.1, -0.05) is 39.0 Å². The van der Waals surface area contributed by atoms with Crippen LogP contribution in [0.5, 0.6) is 5.75 Å². The second kappa shape index (κ2) is 7.44. The van der Waals surface area contributed by atoms with E-state index in [9.17, 15) is 14.7 Å². The summed E-state index contributed by atoms with van der Waals surface area (Å²) in [6, 6.07) is 7.66. The van der Waals surface area contributed by atoms with Gasteiger partial charge in [-0.2, -0.15) is 0 Å². The van der Waals surface area contributed by atoms with Gasteiger partial charge in [0.1, 0.15) is 11.2 Å². The van der Waals surface area contributed by atoms with Gasteiger partial charge in [-0.15, -0.1) is 0 Å². The van der Waals surface area contributed by atoms with Gasteiger partial charge in [0.05, 0.1) is 6.61 Å². The smallest absolute Gasteiger partial charge is 0.313 e. The maximum absolute atomic E-state index is 12.5. The Balaban J connectivity index is 2.02. The topological polar surface area (TPSA) is 76.1 Å². The summed E-state index contributed by atoms with van der Waals surface area (Å²) in [6.45, 7) is 6.81. The number of para-hydroxylation sites is 1. The van der Waals surface area contributed by atoms with E-state index in [0.717, 1.165) is 5.56 Å². The average molecular weight is 349 g/mol. The summed E-state index contributed by atoms with van der Waals surface area (Å²) < 4.78 is 10.8. The van der Waals surface area contributed by atoms with Crippen molar-refractivity contribution in [3.05, 3.63) is 29.8 Å². The van der Waals surface area contributed by atoms with E-state index in [2.05, 4.69) is 20.8 Å². The lowest BCUT2D eigenvalue weighted by molar-refractivity contribution is -0.151. The first-order valence-corrected chi connectivity index (χ1v) is 8.42. The first-order chi connectivity index (χ1) is 11.7. The second-order valence-electron chi connectivity index (χ2n) is 7.62. The van der Waals surface area contributed by atoms with Crippen LogP contribution in [-0.4, -0.2) is 55.3 Å². The van der Waals surface area contributed by atoms with Crippen LogP contribution in [0.3, 0.4) is 0 Å². The number of rotatable bonds is 6. The number of amides is 1. The van der Waals surface area contributed by atoms with Gasteiger partial charge in [0.25, 0.3) is 5.91 Å². The van der Waals surface area contributed by atoms with Gasteiger partial charge >= 0.3 is 5.97 Å². The van der Waals surface area contributed by atoms with Crippen LogP contribution in [0.25, 0.3) is 0 Å². The summed E-state index contributed by atoms with van der Waals surface area (Å²) in [7, 11) is 1.47. The summed E-state index contributed by atoms with van der Waals surface area (Å²) >= 11 is 0. The van der Waals surface area contributed by atoms with Crippen LogP contribution in [0.4, 0.5) is 0 Å². The van der Waals surface area contributed by atoms with Crippen LogP contribution in [-0.2, 0) is 19.7 Å². The molecule has 6 nitrogen and oxygen atoms in total. The molecule has 0 bridgehead atoms. The van der Waals surface area contributed by atoms with Crippen LogP contribution < -0.4 is 4.74 Å². The van der Waals surface area contributed by atoms with Crippen molar-refractivity contribution >= 4 is 11.9 Å². The highest BCUT2D eigenvalue weighted by Crippen LogP contribution is 2.33. The normalized spacial score (nSPS) is 20.6. The van der Waals surface area contributed by atoms with Gasteiger partial charge < -0.3 is 19.5 Å². The van der Waals surface area contributed by atoms with Gasteiger partial charge in [-0.25, -0.2) is 0 Å². The Morgan fingerprint density at radius 3 is 2.56 bits per heavy atom. The van der Waals surface area contributed by atoms with Crippen molar-refractivity contribution in [1.82, 2.24) is 4.90 Å². The van der Waals surface area contributed by atoms with Gasteiger partial charge in [0, 0.05) is 20.2 Å². The Hall–Kier alpha value is -2.08. The number of carboxylic acids is 1. The van der Waals surface area contributed by atoms with Gasteiger partial charge in [0.15, 0.2) is 6.61 Å². The molecular weight excluding hydrogens is 322 g/mol. The first kappa shape index (κ1) is 19.2. The highest BCUT2D eigenvalue weighted by Gasteiger charge is 2.46. The molecule has 0 spiro atoms. The molecule has 2 rings (SSSR count). The van der Waals surface area contributed by atoms with Crippen molar-refractivity contribution in [2.75, 3.05) is 33.4 Å². The van der Waals surface area contributed by atoms with Crippen molar-refractivity contribution in [3.8, 4) is 5.75 Å². The molecule has 6 heteroatoms. The zero-order chi connectivity index (χ0) is 18.7. The molecule has 1 aliphatic rings. The van der Waals surface area contributed by atoms with Crippen LogP contribution in [0.2, 0.25) is 0 Å². The quantitative estimate of drug-likeness (QED) is 0.853. The lowest BCUT2D eigenvalue weighted by Crippen LogP contribution is -2.41. The molecule has 1 aliphatic heterocycles. The average Bonchev–Trinajstić information content (AvgIpc) is 2.98. The summed E-state index contributed by atoms with van der Waals surface area (Å²) in [6.07, 6.45) is 0.389. The molecule has 25 heavy (non-hydrogen) atoms. The molecule has 1 fully saturated rings. The van der Waals surface area contributed by atoms with E-state index in [1.807, 2.05) is 24.3 Å². The molecule has 0 aliphatic carbocycles. The van der Waals surface area contributed by atoms with Crippen molar-refractivity contribution in [2.24, 2.45) is 5.41 Å². The van der Waals surface area contributed by atoms with E-state index >= 15 is 0 Å². The van der Waals surface area contributed by atoms with E-state index in [-0.39, 0.29) is 31.1 Å². The molecule has 1 aromatic rings. The highest BCUT2D eigenvalue weighted by molar-refractivity contribution is 5.81. The maximum atomic E-state index is 12.5. The number of hydrogen-bond donors (Lipinski definition) is 1. The number of carbonyl (C=O) groups is 2. The maximum Gasteiger partial charge on any atom is 0.313 e. The zero-order valence-corrected chi connectivity index (χ0v) is 15.4. The van der Waals surface area contributed by atoms with Crippen molar-refractivity contribution in [1.29, 1.82) is 0 Å². The number of carboxylic acid groups (broad SMARTS) is 1. The summed E-state index contributed by atoms with van der Waals surface area (Å²) in [4.78, 5) is 25.6. The van der Waals surface area contributed by atoms with Crippen molar-refractivity contribution in [2.45, 2.75) is 32.6 Å². The predicted molar refractivity (Wildman–Crippen MR) is 93.8 cm³/mol. The minimum absolute atomic E-state index is 0.0930. The van der Waals surface area contributed by atoms with Gasteiger partial charge in [0.2, 0.25) is 0 Å². The first-order valence-electron chi connectivity index (χ1n) is 8.42. The fourth-order valence-electron chi connectivity index (χ4n) is 3.16. The van der Waals surface area contributed by atoms with Crippen LogP contribution in [0.15, 0.2) is 24.3 Å². The molecule has 0 saturated carbocycles. The van der Waals surface area contributed by atoms with Crippen LogP contribution in [0, 0.1) is 5.41 Å². The third-order valence-electron chi connectivity index (χ3n) is 4.63. The molecule has 1 unspecified atom stereocenters. The molecule has 1 heterocycles. The monoisotopic (exact) mass is 349 g/mol. The Labute approximate surface area is 148 Å². The number of carbonyl (C=O) groups excluding carboxylic acids is 1. The molecule has 1 amide bonds. The summed E-state index contributed by atoms with van der Waals surface area (Å²) in [5, 5.41) is 9.48. The number of likely N-dealkylation sites (tertiary alicyclic amines) is 1. The number of aliphatic carboxylic acids is 1. The van der Waals surface area contributed by atoms with Crippen molar-refractivity contribution in [3.63, 3.8) is 0 Å². The van der Waals surface area contributed by atoms with E-state index in [0.29, 0.717) is 18.7 Å². The highest BCUT2D eigenvalue weighted by atomic mass is 16.5. The fraction of sp³-hybridized carbons (Fsp3) is 0.579. The standard InChI is InChI=1S/C19H27NO5/c1-18(2,3)14-7-5-6-8-15(14)25-11-16(21)20-10-9-19(12-20,13-24-4)17(22)23/h5-8H,9-13H2,1-4H3,(H,22,23). The van der Waals surface area contributed by atoms with E-state index in [1.165, 1.54) is 7.11 Å². The summed E-state index contributed by atoms with van der Waals surface area (Å²) in [5.41, 5.74) is -0.0821. The summed E-state index contributed by atoms with van der Waals surface area (Å²) in [5.74, 6) is -0.449. The van der Waals surface area contributed by atoms with E-state index in [1.54, 1.807) is 4.90 Å². The molecule has 1 atom stereocenters. The third-order valence-corrected chi connectivity index (χ3v) is 4.63. The second-order valence-corrected chi connectivity index (χ2v) is 7.62. The fourth-order valence-corrected chi connectivity index (χ4v) is 3.16. The molecule has 1 saturated heterocycles. The Morgan fingerprint density at radius 2 is 1.96 bits per heavy atom. The van der Waals surface area contributed by atoms with Crippen LogP contribution >= 0.6 is 0 Å². The van der Waals surface area contributed by atoms with E-state index < -0.39 is 11.4 Å². The molecule has 1 aromatic carbocycles. The number of methoxy groups -OCH3 is 1.